The summed E-state index contributed by atoms with van der Waals surface area (Å²) < 4.78 is 32.7. The lowest BCUT2D eigenvalue weighted by molar-refractivity contribution is 0.0965. The highest BCUT2D eigenvalue weighted by atomic mass is 32.2. The molecule has 1 heterocycles. The van der Waals surface area contributed by atoms with Crippen molar-refractivity contribution in [3.05, 3.63) is 53.1 Å². The van der Waals surface area contributed by atoms with Gasteiger partial charge in [-0.15, -0.1) is 0 Å². The molecule has 0 saturated carbocycles. The molecule has 3 rings (SSSR count). The standard InChI is InChI=1S/C16H16N2O4S/c1-10-7-13(22-2)5-6-15(10)23(20,21)18-12-4-3-11-9-17-16(19)14(11)8-12/h3-8,18H,9H2,1-2H3,(H,17,19). The van der Waals surface area contributed by atoms with E-state index >= 15 is 0 Å². The Bertz CT molecular complexity index is 891. The first-order valence-corrected chi connectivity index (χ1v) is 8.47. The van der Waals surface area contributed by atoms with E-state index < -0.39 is 10.0 Å². The summed E-state index contributed by atoms with van der Waals surface area (Å²) in [6.07, 6.45) is 0. The number of amides is 1. The van der Waals surface area contributed by atoms with Crippen LogP contribution in [0.4, 0.5) is 5.69 Å². The van der Waals surface area contributed by atoms with Gasteiger partial charge in [0.2, 0.25) is 0 Å². The number of fused-ring (bicyclic) bond motifs is 1. The predicted octanol–water partition coefficient (Wildman–Crippen LogP) is 2.05. The number of hydrogen-bond acceptors (Lipinski definition) is 4. The van der Waals surface area contributed by atoms with E-state index in [4.69, 9.17) is 4.74 Å². The Morgan fingerprint density at radius 1 is 1.17 bits per heavy atom. The van der Waals surface area contributed by atoms with E-state index in [1.165, 1.54) is 13.2 Å². The highest BCUT2D eigenvalue weighted by molar-refractivity contribution is 7.92. The highest BCUT2D eigenvalue weighted by Gasteiger charge is 2.21. The molecule has 0 atom stereocenters. The number of carbonyl (C=O) groups excluding carboxylic acids is 1. The van der Waals surface area contributed by atoms with Crippen LogP contribution in [0.5, 0.6) is 5.75 Å². The Balaban J connectivity index is 1.93. The Morgan fingerprint density at radius 3 is 2.65 bits per heavy atom. The van der Waals surface area contributed by atoms with Gasteiger partial charge in [-0.3, -0.25) is 9.52 Å². The number of aryl methyl sites for hydroxylation is 1. The molecule has 1 aliphatic heterocycles. The van der Waals surface area contributed by atoms with E-state index in [0.717, 1.165) is 5.56 Å². The summed E-state index contributed by atoms with van der Waals surface area (Å²) in [5.41, 5.74) is 2.29. The normalized spacial score (nSPS) is 13.4. The zero-order chi connectivity index (χ0) is 16.6. The Hall–Kier alpha value is -2.54. The summed E-state index contributed by atoms with van der Waals surface area (Å²) >= 11 is 0. The number of carbonyl (C=O) groups is 1. The van der Waals surface area contributed by atoms with Gasteiger partial charge in [-0.2, -0.15) is 0 Å². The van der Waals surface area contributed by atoms with Crippen LogP contribution in [0.3, 0.4) is 0 Å². The van der Waals surface area contributed by atoms with Crippen LogP contribution in [0.2, 0.25) is 0 Å². The van der Waals surface area contributed by atoms with Crippen LogP contribution >= 0.6 is 0 Å². The molecule has 1 aliphatic rings. The monoisotopic (exact) mass is 332 g/mol. The highest BCUT2D eigenvalue weighted by Crippen LogP contribution is 2.25. The molecule has 0 bridgehead atoms. The first-order valence-electron chi connectivity index (χ1n) is 6.99. The fraction of sp³-hybridized carbons (Fsp3) is 0.188. The summed E-state index contributed by atoms with van der Waals surface area (Å²) in [6, 6.07) is 9.69. The summed E-state index contributed by atoms with van der Waals surface area (Å²) in [4.78, 5) is 11.8. The van der Waals surface area contributed by atoms with Crippen LogP contribution in [0.15, 0.2) is 41.3 Å². The van der Waals surface area contributed by atoms with Gasteiger partial charge in [-0.1, -0.05) is 6.07 Å². The summed E-state index contributed by atoms with van der Waals surface area (Å²) in [5, 5.41) is 2.70. The lowest BCUT2D eigenvalue weighted by Gasteiger charge is -2.12. The lowest BCUT2D eigenvalue weighted by Crippen LogP contribution is -2.15. The van der Waals surface area contributed by atoms with Gasteiger partial charge in [0.1, 0.15) is 5.75 Å². The van der Waals surface area contributed by atoms with E-state index in [1.807, 2.05) is 0 Å². The SMILES string of the molecule is COc1ccc(S(=O)(=O)Nc2ccc3c(c2)C(=O)NC3)c(C)c1. The first kappa shape index (κ1) is 15.4. The van der Waals surface area contributed by atoms with Gasteiger partial charge >= 0.3 is 0 Å². The molecule has 0 unspecified atom stereocenters. The second-order valence-corrected chi connectivity index (χ2v) is 6.94. The molecule has 120 valence electrons. The molecule has 0 radical (unpaired) electrons. The smallest absolute Gasteiger partial charge is 0.262 e. The minimum atomic E-state index is -3.74. The molecular formula is C16H16N2O4S. The molecule has 0 aliphatic carbocycles. The first-order chi connectivity index (χ1) is 10.9. The van der Waals surface area contributed by atoms with Gasteiger partial charge in [0.25, 0.3) is 15.9 Å². The maximum absolute atomic E-state index is 12.6. The van der Waals surface area contributed by atoms with Crippen LogP contribution < -0.4 is 14.8 Å². The number of benzene rings is 2. The third kappa shape index (κ3) is 2.87. The second kappa shape index (κ2) is 5.58. The summed E-state index contributed by atoms with van der Waals surface area (Å²) in [7, 11) is -2.22. The molecule has 0 spiro atoms. The average Bonchev–Trinajstić information content (AvgIpc) is 2.87. The minimum absolute atomic E-state index is 0.170. The average molecular weight is 332 g/mol. The van der Waals surface area contributed by atoms with Crippen molar-refractivity contribution in [1.82, 2.24) is 5.32 Å². The number of methoxy groups -OCH3 is 1. The molecule has 0 fully saturated rings. The van der Waals surface area contributed by atoms with Crippen molar-refractivity contribution >= 4 is 21.6 Å². The zero-order valence-corrected chi connectivity index (χ0v) is 13.5. The van der Waals surface area contributed by atoms with Crippen LogP contribution in [-0.4, -0.2) is 21.4 Å². The topological polar surface area (TPSA) is 84.5 Å². The van der Waals surface area contributed by atoms with Crippen molar-refractivity contribution in [3.8, 4) is 5.75 Å². The Labute approximate surface area is 134 Å². The lowest BCUT2D eigenvalue weighted by atomic mass is 10.1. The number of nitrogens with one attached hydrogen (secondary N) is 2. The third-order valence-corrected chi connectivity index (χ3v) is 5.26. The van der Waals surface area contributed by atoms with Crippen molar-refractivity contribution in [3.63, 3.8) is 0 Å². The molecular weight excluding hydrogens is 316 g/mol. The van der Waals surface area contributed by atoms with E-state index in [2.05, 4.69) is 10.0 Å². The number of sulfonamides is 1. The van der Waals surface area contributed by atoms with Crippen molar-refractivity contribution in [2.24, 2.45) is 0 Å². The van der Waals surface area contributed by atoms with Gasteiger partial charge in [0, 0.05) is 17.8 Å². The van der Waals surface area contributed by atoms with Crippen molar-refractivity contribution in [2.75, 3.05) is 11.8 Å². The number of ether oxygens (including phenoxy) is 1. The quantitative estimate of drug-likeness (QED) is 0.897. The van der Waals surface area contributed by atoms with Crippen molar-refractivity contribution < 1.29 is 17.9 Å². The van der Waals surface area contributed by atoms with Gasteiger partial charge < -0.3 is 10.1 Å². The Kier molecular flexibility index (Phi) is 3.73. The molecule has 0 aromatic heterocycles. The second-order valence-electron chi connectivity index (χ2n) is 5.29. The Morgan fingerprint density at radius 2 is 1.96 bits per heavy atom. The van der Waals surface area contributed by atoms with Gasteiger partial charge in [0.05, 0.1) is 12.0 Å². The molecule has 2 aromatic rings. The van der Waals surface area contributed by atoms with Gasteiger partial charge in [0.15, 0.2) is 0 Å². The minimum Gasteiger partial charge on any atom is -0.497 e. The molecule has 0 saturated heterocycles. The number of anilines is 1. The maximum atomic E-state index is 12.6. The fourth-order valence-corrected chi connectivity index (χ4v) is 3.81. The fourth-order valence-electron chi connectivity index (χ4n) is 2.54. The van der Waals surface area contributed by atoms with Gasteiger partial charge in [-0.25, -0.2) is 8.42 Å². The van der Waals surface area contributed by atoms with Crippen molar-refractivity contribution in [1.29, 1.82) is 0 Å². The van der Waals surface area contributed by atoms with Crippen LogP contribution in [-0.2, 0) is 16.6 Å². The summed E-state index contributed by atoms with van der Waals surface area (Å²) in [5.74, 6) is 0.400. The molecule has 23 heavy (non-hydrogen) atoms. The molecule has 2 aromatic carbocycles. The van der Waals surface area contributed by atoms with E-state index in [1.54, 1.807) is 37.3 Å². The maximum Gasteiger partial charge on any atom is 0.262 e. The molecule has 2 N–H and O–H groups in total. The zero-order valence-electron chi connectivity index (χ0n) is 12.7. The largest absolute Gasteiger partial charge is 0.497 e. The van der Waals surface area contributed by atoms with Crippen LogP contribution in [0, 0.1) is 6.92 Å². The predicted molar refractivity (Wildman–Crippen MR) is 86.2 cm³/mol. The van der Waals surface area contributed by atoms with E-state index in [-0.39, 0.29) is 10.8 Å². The van der Waals surface area contributed by atoms with Crippen LogP contribution in [0.1, 0.15) is 21.5 Å². The number of rotatable bonds is 4. The van der Waals surface area contributed by atoms with E-state index in [0.29, 0.717) is 29.1 Å². The molecule has 6 nitrogen and oxygen atoms in total. The van der Waals surface area contributed by atoms with E-state index in [9.17, 15) is 13.2 Å². The molecule has 1 amide bonds. The summed E-state index contributed by atoms with van der Waals surface area (Å²) in [6.45, 7) is 2.17. The molecule has 7 heteroatoms. The number of hydrogen-bond donors (Lipinski definition) is 2. The van der Waals surface area contributed by atoms with Crippen LogP contribution in [0.25, 0.3) is 0 Å². The third-order valence-electron chi connectivity index (χ3n) is 3.72. The van der Waals surface area contributed by atoms with Gasteiger partial charge in [-0.05, 0) is 48.4 Å². The van der Waals surface area contributed by atoms with Crippen molar-refractivity contribution in [2.45, 2.75) is 18.4 Å².